The molecule has 0 amide bonds. The van der Waals surface area contributed by atoms with Crippen LogP contribution in [0.1, 0.15) is 72.2 Å². The summed E-state index contributed by atoms with van der Waals surface area (Å²) in [5.74, 6) is 0.953. The number of rotatable bonds is 10. The molecular formula is C46H50OSi. The molecule has 0 N–H and O–H groups in total. The Morgan fingerprint density at radius 1 is 0.729 bits per heavy atom. The second-order valence-electron chi connectivity index (χ2n) is 15.0. The highest BCUT2D eigenvalue weighted by Crippen LogP contribution is 2.47. The fourth-order valence-electron chi connectivity index (χ4n) is 7.63. The summed E-state index contributed by atoms with van der Waals surface area (Å²) in [6, 6.07) is 38.4. The van der Waals surface area contributed by atoms with E-state index in [4.69, 9.17) is 4.74 Å². The molecule has 244 valence electrons. The molecule has 0 saturated heterocycles. The van der Waals surface area contributed by atoms with Crippen molar-refractivity contribution in [3.63, 3.8) is 0 Å². The molecule has 0 aromatic heterocycles. The van der Waals surface area contributed by atoms with Crippen molar-refractivity contribution < 1.29 is 4.74 Å². The van der Waals surface area contributed by atoms with Crippen molar-refractivity contribution in [2.75, 3.05) is 6.61 Å². The first-order chi connectivity index (χ1) is 22.9. The second-order valence-corrected chi connectivity index (χ2v) is 19.3. The van der Waals surface area contributed by atoms with E-state index in [0.29, 0.717) is 6.61 Å². The number of allylic oxidation sites excluding steroid dienone is 1. The Morgan fingerprint density at radius 2 is 1.38 bits per heavy atom. The van der Waals surface area contributed by atoms with Gasteiger partial charge in [0.1, 0.15) is 20.4 Å². The zero-order chi connectivity index (χ0) is 34.3. The van der Waals surface area contributed by atoms with Crippen molar-refractivity contribution in [3.05, 3.63) is 166 Å². The van der Waals surface area contributed by atoms with Gasteiger partial charge in [-0.2, -0.15) is 0 Å². The molecule has 2 heteroatoms. The van der Waals surface area contributed by atoms with Crippen LogP contribution in [0, 0.1) is 13.8 Å². The van der Waals surface area contributed by atoms with Crippen LogP contribution < -0.4 is 15.1 Å². The highest BCUT2D eigenvalue weighted by molar-refractivity contribution is 7.01. The van der Waals surface area contributed by atoms with Gasteiger partial charge in [0, 0.05) is 22.0 Å². The van der Waals surface area contributed by atoms with Gasteiger partial charge in [0.25, 0.3) is 0 Å². The van der Waals surface area contributed by atoms with Gasteiger partial charge in [0.05, 0.1) is 0 Å². The minimum atomic E-state index is -2.23. The normalized spacial score (nSPS) is 13.0. The number of ether oxygens (including phenoxy) is 1. The zero-order valence-corrected chi connectivity index (χ0v) is 31.1. The number of aryl methyl sites for hydroxylation is 1. The molecule has 0 saturated carbocycles. The first kappa shape index (κ1) is 33.5. The van der Waals surface area contributed by atoms with Crippen LogP contribution in [0.15, 0.2) is 122 Å². The Bertz CT molecular complexity index is 1990. The van der Waals surface area contributed by atoms with Crippen LogP contribution in [-0.4, -0.2) is 14.7 Å². The third-order valence-electron chi connectivity index (χ3n) is 11.0. The average Bonchev–Trinajstić information content (AvgIpc) is 3.58. The molecule has 6 rings (SSSR count). The average molecular weight is 647 g/mol. The number of benzene rings is 5. The smallest absolute Gasteiger partial charge is 0.131 e. The largest absolute Gasteiger partial charge is 0.489 e. The first-order valence-electron chi connectivity index (χ1n) is 17.3. The summed E-state index contributed by atoms with van der Waals surface area (Å²) in [5, 5.41) is 2.94. The molecule has 1 aliphatic rings. The van der Waals surface area contributed by atoms with Crippen LogP contribution in [0.2, 0.25) is 13.1 Å². The van der Waals surface area contributed by atoms with E-state index < -0.39 is 8.07 Å². The van der Waals surface area contributed by atoms with Crippen molar-refractivity contribution in [2.24, 2.45) is 0 Å². The maximum absolute atomic E-state index is 6.88. The summed E-state index contributed by atoms with van der Waals surface area (Å²) in [5.41, 5.74) is 12.4. The van der Waals surface area contributed by atoms with E-state index in [1.54, 1.807) is 0 Å². The van der Waals surface area contributed by atoms with Gasteiger partial charge in [-0.05, 0) is 81.2 Å². The molecule has 0 aliphatic heterocycles. The van der Waals surface area contributed by atoms with Crippen LogP contribution >= 0.6 is 0 Å². The van der Waals surface area contributed by atoms with Crippen molar-refractivity contribution in [1.82, 2.24) is 0 Å². The van der Waals surface area contributed by atoms with E-state index >= 15 is 0 Å². The van der Waals surface area contributed by atoms with Gasteiger partial charge in [-0.3, -0.25) is 0 Å². The van der Waals surface area contributed by atoms with Gasteiger partial charge < -0.3 is 4.74 Å². The Hall–Kier alpha value is -4.40. The fourth-order valence-corrected chi connectivity index (χ4v) is 10.8. The second kappa shape index (κ2) is 12.9. The number of hydrogen-bond donors (Lipinski definition) is 0. The SMILES string of the molecule is C=CCOc1c(-c2c([Si](C)(C)c3cccc4c3C=CC4)ccc(C)c2C)cc(C(C)(C)c2ccccc2)cc1C(C)(C)c1ccccc1. The molecule has 0 bridgehead atoms. The molecule has 0 spiro atoms. The maximum atomic E-state index is 6.88. The van der Waals surface area contributed by atoms with Crippen LogP contribution in [0.4, 0.5) is 0 Å². The van der Waals surface area contributed by atoms with Gasteiger partial charge >= 0.3 is 0 Å². The molecule has 5 aromatic rings. The van der Waals surface area contributed by atoms with E-state index in [9.17, 15) is 0 Å². The number of hydrogen-bond acceptors (Lipinski definition) is 1. The quantitative estimate of drug-likeness (QED) is 0.108. The summed E-state index contributed by atoms with van der Waals surface area (Å²) < 4.78 is 6.88. The predicted molar refractivity (Wildman–Crippen MR) is 210 cm³/mol. The Labute approximate surface area is 290 Å². The molecule has 0 fully saturated rings. The molecule has 0 unspecified atom stereocenters. The molecule has 0 radical (unpaired) electrons. The maximum Gasteiger partial charge on any atom is 0.131 e. The van der Waals surface area contributed by atoms with E-state index in [1.165, 1.54) is 66.0 Å². The summed E-state index contributed by atoms with van der Waals surface area (Å²) in [6.07, 6.45) is 7.55. The molecule has 0 atom stereocenters. The van der Waals surface area contributed by atoms with Gasteiger partial charge in [0.2, 0.25) is 0 Å². The fraction of sp³-hybridized carbons (Fsp3) is 0.261. The monoisotopic (exact) mass is 646 g/mol. The zero-order valence-electron chi connectivity index (χ0n) is 30.1. The van der Waals surface area contributed by atoms with Crippen LogP contribution in [0.25, 0.3) is 17.2 Å². The van der Waals surface area contributed by atoms with E-state index in [0.717, 1.165) is 12.2 Å². The first-order valence-corrected chi connectivity index (χ1v) is 20.3. The van der Waals surface area contributed by atoms with E-state index in [2.05, 4.69) is 176 Å². The molecule has 1 nitrogen and oxygen atoms in total. The highest BCUT2D eigenvalue weighted by Gasteiger charge is 2.37. The third kappa shape index (κ3) is 5.81. The molecular weight excluding hydrogens is 597 g/mol. The standard InChI is InChI=1S/C46H50OSi/c1-10-29-47-44-39(43-33(3)32(2)27-28-42(43)48(8,9)41-26-18-20-34-19-17-25-38(34)41)30-37(45(4,5)35-21-13-11-14-22-35)31-40(44)46(6,7)36-23-15-12-16-24-36/h10-18,20-28,30-31H,1,19,29H2,2-9H3. The molecule has 1 aliphatic carbocycles. The summed E-state index contributed by atoms with van der Waals surface area (Å²) in [6.45, 7) is 23.5. The summed E-state index contributed by atoms with van der Waals surface area (Å²) >= 11 is 0. The Morgan fingerprint density at radius 3 is 2.02 bits per heavy atom. The van der Waals surface area contributed by atoms with Crippen molar-refractivity contribution >= 4 is 24.5 Å². The minimum absolute atomic E-state index is 0.246. The van der Waals surface area contributed by atoms with Crippen molar-refractivity contribution in [2.45, 2.75) is 71.9 Å². The lowest BCUT2D eigenvalue weighted by Gasteiger charge is -2.35. The van der Waals surface area contributed by atoms with E-state index in [-0.39, 0.29) is 10.8 Å². The highest BCUT2D eigenvalue weighted by atomic mass is 28.3. The van der Waals surface area contributed by atoms with Gasteiger partial charge in [-0.25, -0.2) is 0 Å². The number of fused-ring (bicyclic) bond motifs is 1. The van der Waals surface area contributed by atoms with Crippen LogP contribution in [0.5, 0.6) is 5.75 Å². The summed E-state index contributed by atoms with van der Waals surface area (Å²) in [4.78, 5) is 0. The van der Waals surface area contributed by atoms with Crippen LogP contribution in [0.3, 0.4) is 0 Å². The lowest BCUT2D eigenvalue weighted by Crippen LogP contribution is -2.55. The molecule has 5 aromatic carbocycles. The molecule has 0 heterocycles. The minimum Gasteiger partial charge on any atom is -0.489 e. The topological polar surface area (TPSA) is 9.23 Å². The third-order valence-corrected chi connectivity index (χ3v) is 14.5. The van der Waals surface area contributed by atoms with Gasteiger partial charge in [0.15, 0.2) is 0 Å². The van der Waals surface area contributed by atoms with Crippen LogP contribution in [-0.2, 0) is 17.3 Å². The van der Waals surface area contributed by atoms with Gasteiger partial charge in [-0.15, -0.1) is 0 Å². The lowest BCUT2D eigenvalue weighted by atomic mass is 9.71. The van der Waals surface area contributed by atoms with Crippen molar-refractivity contribution in [3.8, 4) is 16.9 Å². The van der Waals surface area contributed by atoms with Crippen molar-refractivity contribution in [1.29, 1.82) is 0 Å². The van der Waals surface area contributed by atoms with E-state index in [1.807, 2.05) is 6.08 Å². The lowest BCUT2D eigenvalue weighted by molar-refractivity contribution is 0.354. The summed E-state index contributed by atoms with van der Waals surface area (Å²) in [7, 11) is -2.23. The predicted octanol–water partition coefficient (Wildman–Crippen LogP) is 10.6. The Balaban J connectivity index is 1.72. The molecule has 48 heavy (non-hydrogen) atoms. The Kier molecular flexibility index (Phi) is 9.00. The van der Waals surface area contributed by atoms with Gasteiger partial charge in [-0.1, -0.05) is 163 Å².